The Labute approximate surface area is 159 Å². The molecule has 0 radical (unpaired) electrons. The van der Waals surface area contributed by atoms with E-state index in [1.807, 2.05) is 6.92 Å². The molecule has 27 heavy (non-hydrogen) atoms. The molecule has 5 nitrogen and oxygen atoms in total. The van der Waals surface area contributed by atoms with Crippen LogP contribution < -0.4 is 5.14 Å². The third kappa shape index (κ3) is 4.10. The van der Waals surface area contributed by atoms with E-state index in [0.717, 1.165) is 11.8 Å². The maximum atomic E-state index is 13.2. The Bertz CT molecular complexity index is 1040. The molecule has 0 aliphatic heterocycles. The summed E-state index contributed by atoms with van der Waals surface area (Å²) < 4.78 is 63.6. The fraction of sp³-hybridized carbons (Fsp3) is 0.235. The number of hydrogen-bond donors (Lipinski definition) is 1. The second-order valence-corrected chi connectivity index (χ2v) is 8.22. The predicted octanol–water partition coefficient (Wildman–Crippen LogP) is 3.88. The topological polar surface area (TPSA) is 78.0 Å². The molecule has 1 aromatic carbocycles. The maximum absolute atomic E-state index is 13.2. The van der Waals surface area contributed by atoms with E-state index >= 15 is 0 Å². The van der Waals surface area contributed by atoms with Crippen molar-refractivity contribution in [1.29, 1.82) is 0 Å². The van der Waals surface area contributed by atoms with Gasteiger partial charge in [0.25, 0.3) is 0 Å². The molecule has 2 N–H and O–H groups in total. The summed E-state index contributed by atoms with van der Waals surface area (Å²) in [7, 11) is -3.91. The lowest BCUT2D eigenvalue weighted by Crippen LogP contribution is -2.12. The number of benzene rings is 1. The van der Waals surface area contributed by atoms with E-state index in [1.165, 1.54) is 28.8 Å². The second kappa shape index (κ2) is 6.81. The van der Waals surface area contributed by atoms with Gasteiger partial charge in [0.15, 0.2) is 5.69 Å². The number of alkyl halides is 4. The first-order valence-corrected chi connectivity index (χ1v) is 9.76. The van der Waals surface area contributed by atoms with Crippen LogP contribution in [0.1, 0.15) is 24.9 Å². The number of primary sulfonamides is 1. The first-order chi connectivity index (χ1) is 12.5. The fourth-order valence-corrected chi connectivity index (χ4v) is 3.42. The molecular weight excluding hydrogens is 403 g/mol. The summed E-state index contributed by atoms with van der Waals surface area (Å²) in [5.74, 6) is 0.0973. The van der Waals surface area contributed by atoms with Crippen molar-refractivity contribution in [3.8, 4) is 5.69 Å². The third-order valence-corrected chi connectivity index (χ3v) is 5.60. The van der Waals surface area contributed by atoms with Crippen molar-refractivity contribution in [2.75, 3.05) is 0 Å². The summed E-state index contributed by atoms with van der Waals surface area (Å²) in [6.07, 6.45) is 0.00464. The van der Waals surface area contributed by atoms with Crippen molar-refractivity contribution in [2.24, 2.45) is 5.14 Å². The van der Waals surface area contributed by atoms with Crippen LogP contribution >= 0.6 is 11.6 Å². The minimum Gasteiger partial charge on any atom is -0.299 e. The van der Waals surface area contributed by atoms with Crippen LogP contribution in [-0.2, 0) is 16.2 Å². The molecule has 1 aliphatic carbocycles. The molecule has 0 saturated carbocycles. The summed E-state index contributed by atoms with van der Waals surface area (Å²) in [5, 5.41) is 4.72. The molecule has 3 rings (SSSR count). The van der Waals surface area contributed by atoms with Crippen molar-refractivity contribution >= 4 is 27.2 Å². The van der Waals surface area contributed by atoms with Crippen molar-refractivity contribution < 1.29 is 21.6 Å². The lowest BCUT2D eigenvalue weighted by atomic mass is 9.98. The van der Waals surface area contributed by atoms with Crippen LogP contribution in [0.4, 0.5) is 13.2 Å². The molecule has 1 unspecified atom stereocenters. The van der Waals surface area contributed by atoms with Gasteiger partial charge in [0.2, 0.25) is 10.0 Å². The minimum absolute atomic E-state index is 0.0973. The van der Waals surface area contributed by atoms with E-state index < -0.39 is 21.9 Å². The number of nitrogens with zero attached hydrogens (tertiary/aromatic N) is 2. The molecule has 1 atom stereocenters. The van der Waals surface area contributed by atoms with Crippen molar-refractivity contribution in [3.05, 3.63) is 59.7 Å². The number of imidazole rings is 1. The Morgan fingerprint density at radius 1 is 1.22 bits per heavy atom. The highest BCUT2D eigenvalue weighted by Gasteiger charge is 2.35. The van der Waals surface area contributed by atoms with Crippen LogP contribution in [0.2, 0.25) is 0 Å². The van der Waals surface area contributed by atoms with Crippen molar-refractivity contribution in [1.82, 2.24) is 9.55 Å². The van der Waals surface area contributed by atoms with E-state index in [0.29, 0.717) is 17.7 Å². The van der Waals surface area contributed by atoms with Gasteiger partial charge >= 0.3 is 6.18 Å². The van der Waals surface area contributed by atoms with Crippen LogP contribution in [-0.4, -0.2) is 23.3 Å². The van der Waals surface area contributed by atoms with Gasteiger partial charge < -0.3 is 0 Å². The number of aromatic nitrogens is 2. The molecule has 1 heterocycles. The normalized spacial score (nSPS) is 18.2. The third-order valence-electron chi connectivity index (χ3n) is 4.17. The zero-order valence-corrected chi connectivity index (χ0v) is 15.6. The standard InChI is InChI=1S/C17H15ClF3N3O2S/c1-10-2-3-11(8-14(10)18)16-23-15(17(19,20)21)9-24(16)12-4-6-13(7-5-12)27(22,25)26/h2-7,9,14H,8H2,1H3,(H2,22,25,26). The maximum Gasteiger partial charge on any atom is 0.434 e. The number of rotatable bonds is 3. The Balaban J connectivity index is 2.13. The highest BCUT2D eigenvalue weighted by molar-refractivity contribution is 7.89. The highest BCUT2D eigenvalue weighted by Crippen LogP contribution is 2.35. The fourth-order valence-electron chi connectivity index (χ4n) is 2.66. The van der Waals surface area contributed by atoms with E-state index in [-0.39, 0.29) is 16.1 Å². The first-order valence-electron chi connectivity index (χ1n) is 7.78. The molecule has 0 fully saturated rings. The molecule has 0 amide bonds. The molecule has 10 heteroatoms. The number of nitrogens with two attached hydrogens (primary N) is 1. The molecular formula is C17H15ClF3N3O2S. The Morgan fingerprint density at radius 3 is 2.37 bits per heavy atom. The number of hydrogen-bond acceptors (Lipinski definition) is 3. The van der Waals surface area contributed by atoms with Crippen molar-refractivity contribution in [3.63, 3.8) is 0 Å². The molecule has 0 bridgehead atoms. The monoisotopic (exact) mass is 417 g/mol. The molecule has 1 aliphatic rings. The minimum atomic E-state index is -4.62. The second-order valence-electron chi connectivity index (χ2n) is 6.13. The average Bonchev–Trinajstić information content (AvgIpc) is 3.02. The van der Waals surface area contributed by atoms with Crippen LogP contribution in [0.3, 0.4) is 0 Å². The van der Waals surface area contributed by atoms with Gasteiger partial charge in [-0.2, -0.15) is 13.2 Å². The van der Waals surface area contributed by atoms with Crippen LogP contribution in [0.15, 0.2) is 53.1 Å². The number of halogens is 4. The lowest BCUT2D eigenvalue weighted by Gasteiger charge is -2.18. The van der Waals surface area contributed by atoms with Gasteiger partial charge in [-0.15, -0.1) is 11.6 Å². The lowest BCUT2D eigenvalue weighted by molar-refractivity contribution is -0.140. The zero-order valence-electron chi connectivity index (χ0n) is 14.0. The molecule has 1 aromatic heterocycles. The van der Waals surface area contributed by atoms with Gasteiger partial charge in [0.05, 0.1) is 10.3 Å². The predicted molar refractivity (Wildman–Crippen MR) is 95.9 cm³/mol. The van der Waals surface area contributed by atoms with Crippen LogP contribution in [0.5, 0.6) is 0 Å². The summed E-state index contributed by atoms with van der Waals surface area (Å²) in [5.41, 5.74) is 0.726. The number of allylic oxidation sites excluding steroid dienone is 4. The van der Waals surface area contributed by atoms with Gasteiger partial charge in [-0.05, 0) is 43.2 Å². The first kappa shape index (κ1) is 19.7. The van der Waals surface area contributed by atoms with Crippen LogP contribution in [0.25, 0.3) is 11.3 Å². The molecule has 0 saturated heterocycles. The smallest absolute Gasteiger partial charge is 0.299 e. The Hall–Kier alpha value is -2.10. The summed E-state index contributed by atoms with van der Waals surface area (Å²) >= 11 is 6.23. The van der Waals surface area contributed by atoms with E-state index in [4.69, 9.17) is 16.7 Å². The van der Waals surface area contributed by atoms with Gasteiger partial charge in [0.1, 0.15) is 5.82 Å². The zero-order chi connectivity index (χ0) is 20.0. The van der Waals surface area contributed by atoms with E-state index in [9.17, 15) is 21.6 Å². The highest BCUT2D eigenvalue weighted by atomic mass is 35.5. The summed E-state index contributed by atoms with van der Waals surface area (Å²) in [6, 6.07) is 5.19. The van der Waals surface area contributed by atoms with E-state index in [2.05, 4.69) is 4.98 Å². The molecule has 0 spiro atoms. The average molecular weight is 418 g/mol. The quantitative estimate of drug-likeness (QED) is 0.770. The molecule has 2 aromatic rings. The largest absolute Gasteiger partial charge is 0.434 e. The van der Waals surface area contributed by atoms with Gasteiger partial charge in [-0.1, -0.05) is 17.7 Å². The van der Waals surface area contributed by atoms with Gasteiger partial charge in [0, 0.05) is 11.9 Å². The van der Waals surface area contributed by atoms with Gasteiger partial charge in [-0.3, -0.25) is 4.57 Å². The van der Waals surface area contributed by atoms with Crippen LogP contribution in [0, 0.1) is 0 Å². The SMILES string of the molecule is CC1=CC=C(c2nc(C(F)(F)F)cn2-c2ccc(S(N)(=O)=O)cc2)CC1Cl. The van der Waals surface area contributed by atoms with E-state index in [1.54, 1.807) is 12.2 Å². The Kier molecular flexibility index (Phi) is 4.96. The molecule has 144 valence electrons. The van der Waals surface area contributed by atoms with Crippen molar-refractivity contribution in [2.45, 2.75) is 29.8 Å². The number of sulfonamides is 1. The summed E-state index contributed by atoms with van der Waals surface area (Å²) in [4.78, 5) is 3.61. The summed E-state index contributed by atoms with van der Waals surface area (Å²) in [6.45, 7) is 1.84. The van der Waals surface area contributed by atoms with Gasteiger partial charge in [-0.25, -0.2) is 18.5 Å². The Morgan fingerprint density at radius 2 is 1.85 bits per heavy atom.